The number of hydrogen-bond donors (Lipinski definition) is 1. The van der Waals surface area contributed by atoms with Crippen molar-refractivity contribution in [2.24, 2.45) is 0 Å². The average Bonchev–Trinajstić information content (AvgIpc) is 3.68. The van der Waals surface area contributed by atoms with Crippen molar-refractivity contribution >= 4 is 22.7 Å². The second kappa shape index (κ2) is 9.24. The molecule has 2 fully saturated rings. The summed E-state index contributed by atoms with van der Waals surface area (Å²) in [5, 5.41) is 3.86. The van der Waals surface area contributed by atoms with Crippen LogP contribution in [0.3, 0.4) is 0 Å². The molecule has 4 heterocycles. The average molecular weight is 506 g/mol. The van der Waals surface area contributed by atoms with Gasteiger partial charge in [-0.3, -0.25) is 4.79 Å². The summed E-state index contributed by atoms with van der Waals surface area (Å²) in [7, 11) is 0. The first-order valence-corrected chi connectivity index (χ1v) is 12.8. The molecule has 2 aromatic heterocycles. The van der Waals surface area contributed by atoms with E-state index in [0.717, 1.165) is 46.4 Å². The van der Waals surface area contributed by atoms with Crippen LogP contribution >= 0.6 is 0 Å². The van der Waals surface area contributed by atoms with Gasteiger partial charge >= 0.3 is 5.97 Å². The second-order valence-electron chi connectivity index (χ2n) is 10.3. The first kappa shape index (κ1) is 24.1. The lowest BCUT2D eigenvalue weighted by atomic mass is 9.95. The molecule has 1 unspecified atom stereocenters. The Hall–Kier alpha value is -3.27. The minimum Gasteiger partial charge on any atom is -0.462 e. The third kappa shape index (κ3) is 4.52. The molecule has 1 aliphatic carbocycles. The smallest absolute Gasteiger partial charge is 0.343 e. The standard InChI is InChI=1S/C28H31N3O6/c1-4-35-27(33)22-12-31(17-5-6-17)25-20(26(22)32)8-7-19-21-11-30-24(9-16(21)13-34-15-23(19)25)29-10-18-14-36-28(2,3)37-18/h7-9,11-12,17-18H,4-6,10,13-15H2,1-3H3,(H,29,30). The summed E-state index contributed by atoms with van der Waals surface area (Å²) in [4.78, 5) is 30.5. The summed E-state index contributed by atoms with van der Waals surface area (Å²) in [5.74, 6) is -0.400. The van der Waals surface area contributed by atoms with Crippen LogP contribution < -0.4 is 10.7 Å². The van der Waals surface area contributed by atoms with E-state index in [4.69, 9.17) is 18.9 Å². The zero-order valence-corrected chi connectivity index (χ0v) is 21.3. The highest BCUT2D eigenvalue weighted by Crippen LogP contribution is 2.41. The Morgan fingerprint density at radius 2 is 2.08 bits per heavy atom. The summed E-state index contributed by atoms with van der Waals surface area (Å²) in [6.07, 6.45) is 5.50. The molecular weight excluding hydrogens is 474 g/mol. The molecule has 6 rings (SSSR count). The number of aromatic nitrogens is 2. The van der Waals surface area contributed by atoms with E-state index in [2.05, 4.69) is 14.9 Å². The van der Waals surface area contributed by atoms with Gasteiger partial charge in [-0.2, -0.15) is 0 Å². The Balaban J connectivity index is 1.38. The van der Waals surface area contributed by atoms with Gasteiger partial charge in [-0.1, -0.05) is 6.07 Å². The topological polar surface area (TPSA) is 101 Å². The number of carbonyl (C=O) groups excluding carboxylic acids is 1. The van der Waals surface area contributed by atoms with Gasteiger partial charge in [0.05, 0.1) is 31.9 Å². The molecule has 0 radical (unpaired) electrons. The highest BCUT2D eigenvalue weighted by atomic mass is 16.7. The molecule has 3 aromatic rings. The second-order valence-corrected chi connectivity index (χ2v) is 10.3. The van der Waals surface area contributed by atoms with E-state index in [9.17, 15) is 9.59 Å². The first-order chi connectivity index (χ1) is 17.8. The van der Waals surface area contributed by atoms with Crippen LogP contribution in [0.25, 0.3) is 22.0 Å². The van der Waals surface area contributed by atoms with Crippen molar-refractivity contribution in [2.75, 3.05) is 25.1 Å². The van der Waals surface area contributed by atoms with Crippen molar-refractivity contribution in [3.05, 3.63) is 57.5 Å². The van der Waals surface area contributed by atoms with Gasteiger partial charge in [-0.15, -0.1) is 0 Å². The number of carbonyl (C=O) groups is 1. The molecule has 1 aromatic carbocycles. The maximum Gasteiger partial charge on any atom is 0.343 e. The van der Waals surface area contributed by atoms with Crippen LogP contribution in [0.15, 0.2) is 35.4 Å². The fraction of sp³-hybridized carbons (Fsp3) is 0.464. The van der Waals surface area contributed by atoms with E-state index in [0.29, 0.717) is 31.8 Å². The van der Waals surface area contributed by atoms with E-state index in [-0.39, 0.29) is 29.7 Å². The lowest BCUT2D eigenvalue weighted by Crippen LogP contribution is -2.26. The zero-order chi connectivity index (χ0) is 25.7. The Labute approximate surface area is 214 Å². The van der Waals surface area contributed by atoms with Crippen LogP contribution in [-0.4, -0.2) is 47.2 Å². The maximum atomic E-state index is 13.3. The summed E-state index contributed by atoms with van der Waals surface area (Å²) in [6, 6.07) is 6.02. The highest BCUT2D eigenvalue weighted by Gasteiger charge is 2.33. The number of hydrogen-bond acceptors (Lipinski definition) is 8. The van der Waals surface area contributed by atoms with Crippen molar-refractivity contribution in [2.45, 2.75) is 64.8 Å². The summed E-state index contributed by atoms with van der Waals surface area (Å²) < 4.78 is 24.9. The Morgan fingerprint density at radius 1 is 1.24 bits per heavy atom. The predicted octanol–water partition coefficient (Wildman–Crippen LogP) is 4.17. The molecule has 0 amide bonds. The minimum absolute atomic E-state index is 0.0439. The predicted molar refractivity (Wildman–Crippen MR) is 138 cm³/mol. The molecule has 9 nitrogen and oxygen atoms in total. The van der Waals surface area contributed by atoms with Crippen LogP contribution in [0.4, 0.5) is 5.82 Å². The monoisotopic (exact) mass is 505 g/mol. The fourth-order valence-electron chi connectivity index (χ4n) is 5.22. The quantitative estimate of drug-likeness (QED) is 0.498. The molecule has 194 valence electrons. The lowest BCUT2D eigenvalue weighted by molar-refractivity contribution is -0.136. The van der Waals surface area contributed by atoms with Crippen LogP contribution in [0, 0.1) is 0 Å². The van der Waals surface area contributed by atoms with Gasteiger partial charge in [0.2, 0.25) is 5.43 Å². The first-order valence-electron chi connectivity index (χ1n) is 12.8. The number of ether oxygens (including phenoxy) is 4. The Morgan fingerprint density at radius 3 is 2.81 bits per heavy atom. The lowest BCUT2D eigenvalue weighted by Gasteiger charge is -2.18. The zero-order valence-electron chi connectivity index (χ0n) is 21.3. The van der Waals surface area contributed by atoms with Crippen LogP contribution in [0.5, 0.6) is 0 Å². The van der Waals surface area contributed by atoms with Crippen LogP contribution in [-0.2, 0) is 32.2 Å². The van der Waals surface area contributed by atoms with Gasteiger partial charge in [0.15, 0.2) is 5.79 Å². The van der Waals surface area contributed by atoms with E-state index in [1.807, 2.05) is 38.2 Å². The molecule has 1 saturated carbocycles. The molecule has 1 saturated heterocycles. The Kier molecular flexibility index (Phi) is 6.01. The summed E-state index contributed by atoms with van der Waals surface area (Å²) in [5.41, 5.74) is 4.52. The number of anilines is 1. The maximum absolute atomic E-state index is 13.3. The van der Waals surface area contributed by atoms with Crippen LogP contribution in [0.1, 0.15) is 61.1 Å². The van der Waals surface area contributed by atoms with Crippen molar-refractivity contribution in [1.29, 1.82) is 0 Å². The van der Waals surface area contributed by atoms with E-state index >= 15 is 0 Å². The van der Waals surface area contributed by atoms with Gasteiger partial charge in [0.25, 0.3) is 0 Å². The largest absolute Gasteiger partial charge is 0.462 e. The SMILES string of the molecule is CCOC(=O)c1cn(C2CC2)c2c3c(ccc2c1=O)-c1cnc(NCC2COC(C)(C)O2)cc1COC3. The van der Waals surface area contributed by atoms with E-state index < -0.39 is 11.8 Å². The molecule has 1 atom stereocenters. The Bertz CT molecular complexity index is 1440. The third-order valence-corrected chi connectivity index (χ3v) is 7.10. The van der Waals surface area contributed by atoms with Gasteiger partial charge < -0.3 is 28.8 Å². The minimum atomic E-state index is -0.581. The molecular formula is C28H31N3O6. The number of esters is 1. The summed E-state index contributed by atoms with van der Waals surface area (Å²) in [6.45, 7) is 7.68. The van der Waals surface area contributed by atoms with Crippen LogP contribution in [0.2, 0.25) is 0 Å². The van der Waals surface area contributed by atoms with Gasteiger partial charge in [0.1, 0.15) is 17.5 Å². The van der Waals surface area contributed by atoms with E-state index in [1.54, 1.807) is 13.1 Å². The van der Waals surface area contributed by atoms with Gasteiger partial charge in [-0.05, 0) is 56.9 Å². The molecule has 9 heteroatoms. The number of pyridine rings is 2. The molecule has 1 N–H and O–H groups in total. The number of nitrogens with one attached hydrogen (secondary N) is 1. The highest BCUT2D eigenvalue weighted by molar-refractivity contribution is 5.96. The van der Waals surface area contributed by atoms with Crippen molar-refractivity contribution in [1.82, 2.24) is 9.55 Å². The number of rotatable bonds is 6. The molecule has 0 bridgehead atoms. The van der Waals surface area contributed by atoms with Crippen molar-refractivity contribution in [3.8, 4) is 11.1 Å². The van der Waals surface area contributed by atoms with Gasteiger partial charge in [0, 0.05) is 41.5 Å². The fourth-order valence-corrected chi connectivity index (χ4v) is 5.22. The molecule has 3 aliphatic rings. The molecule has 37 heavy (non-hydrogen) atoms. The van der Waals surface area contributed by atoms with Gasteiger partial charge in [-0.25, -0.2) is 9.78 Å². The van der Waals surface area contributed by atoms with Crippen molar-refractivity contribution in [3.63, 3.8) is 0 Å². The normalized spacial score (nSPS) is 20.2. The number of fused-ring (bicyclic) bond motifs is 5. The summed E-state index contributed by atoms with van der Waals surface area (Å²) >= 11 is 0. The van der Waals surface area contributed by atoms with E-state index in [1.165, 1.54) is 0 Å². The number of nitrogens with zero attached hydrogens (tertiary/aromatic N) is 2. The third-order valence-electron chi connectivity index (χ3n) is 7.10. The molecule has 2 aliphatic heterocycles. The molecule has 0 spiro atoms. The van der Waals surface area contributed by atoms with Crippen molar-refractivity contribution < 1.29 is 23.7 Å². The number of benzene rings is 1.